The quantitative estimate of drug-likeness (QED) is 0.231. The number of benzene rings is 4. The van der Waals surface area contributed by atoms with Gasteiger partial charge in [-0.25, -0.2) is 0 Å². The molecule has 1 heteroatoms. The van der Waals surface area contributed by atoms with E-state index in [1.54, 1.807) is 0 Å². The van der Waals surface area contributed by atoms with Gasteiger partial charge in [-0.1, -0.05) is 121 Å². The zero-order valence-corrected chi connectivity index (χ0v) is 19.1. The topological polar surface area (TPSA) is 0 Å². The van der Waals surface area contributed by atoms with Crippen LogP contribution in [0.3, 0.4) is 0 Å². The molecule has 1 aromatic heterocycles. The first-order valence-electron chi connectivity index (χ1n) is 11.1. The summed E-state index contributed by atoms with van der Waals surface area (Å²) in [5.74, 6) is 0. The van der Waals surface area contributed by atoms with Gasteiger partial charge in [-0.15, -0.1) is 11.3 Å². The first-order valence-corrected chi connectivity index (χ1v) is 11.9. The lowest BCUT2D eigenvalue weighted by Gasteiger charge is -2.08. The molecule has 0 aliphatic carbocycles. The molecular weight excluding hydrogens is 416 g/mol. The Labute approximate surface area is 199 Å². The van der Waals surface area contributed by atoms with Gasteiger partial charge in [0.25, 0.3) is 0 Å². The third-order valence-corrected chi connectivity index (χ3v) is 6.68. The highest BCUT2D eigenvalue weighted by atomic mass is 32.1. The summed E-state index contributed by atoms with van der Waals surface area (Å²) in [4.78, 5) is 2.52. The second-order valence-electron chi connectivity index (χ2n) is 7.83. The molecule has 0 fully saturated rings. The highest BCUT2D eigenvalue weighted by Gasteiger charge is 2.13. The van der Waals surface area contributed by atoms with Crippen LogP contribution in [0.5, 0.6) is 0 Å². The van der Waals surface area contributed by atoms with E-state index in [-0.39, 0.29) is 0 Å². The number of hydrogen-bond acceptors (Lipinski definition) is 1. The minimum absolute atomic E-state index is 1.20. The molecule has 4 aromatic carbocycles. The zero-order chi connectivity index (χ0) is 22.3. The second kappa shape index (κ2) is 10.1. The van der Waals surface area contributed by atoms with Crippen LogP contribution in [-0.2, 0) is 0 Å². The van der Waals surface area contributed by atoms with E-state index in [2.05, 4.69) is 146 Å². The lowest BCUT2D eigenvalue weighted by Crippen LogP contribution is -1.86. The molecule has 33 heavy (non-hydrogen) atoms. The largest absolute Gasteiger partial charge is 0.135 e. The van der Waals surface area contributed by atoms with Crippen LogP contribution in [0.25, 0.3) is 23.3 Å². The molecule has 0 bridgehead atoms. The normalized spacial score (nSPS) is 12.0. The Bertz CT molecular complexity index is 1250. The van der Waals surface area contributed by atoms with E-state index in [1.165, 1.54) is 43.2 Å². The van der Waals surface area contributed by atoms with Crippen molar-refractivity contribution in [1.82, 2.24) is 0 Å². The van der Waals surface area contributed by atoms with E-state index in [4.69, 9.17) is 0 Å². The minimum atomic E-state index is 1.20. The molecule has 0 amide bonds. The molecule has 0 atom stereocenters. The van der Waals surface area contributed by atoms with Crippen molar-refractivity contribution in [1.29, 1.82) is 0 Å². The highest BCUT2D eigenvalue weighted by Crippen LogP contribution is 2.37. The maximum absolute atomic E-state index is 2.29. The third-order valence-electron chi connectivity index (χ3n) is 5.53. The summed E-state index contributed by atoms with van der Waals surface area (Å²) >= 11 is 1.84. The summed E-state index contributed by atoms with van der Waals surface area (Å²) in [5.41, 5.74) is 7.34. The Balaban J connectivity index is 1.62. The molecule has 0 spiro atoms. The van der Waals surface area contributed by atoms with Crippen LogP contribution in [0, 0.1) is 0 Å². The maximum Gasteiger partial charge on any atom is 0.0355 e. The number of hydrogen-bond donors (Lipinski definition) is 0. The van der Waals surface area contributed by atoms with Crippen LogP contribution in [0.15, 0.2) is 133 Å². The van der Waals surface area contributed by atoms with Crippen LogP contribution < -0.4 is 0 Å². The van der Waals surface area contributed by atoms with Gasteiger partial charge in [-0.3, -0.25) is 0 Å². The number of rotatable bonds is 6. The summed E-state index contributed by atoms with van der Waals surface area (Å²) in [5, 5.41) is 0. The fraction of sp³-hybridized carbons (Fsp3) is 0. The molecule has 5 aromatic rings. The molecule has 0 N–H and O–H groups in total. The summed E-state index contributed by atoms with van der Waals surface area (Å²) in [6, 6.07) is 46.9. The predicted octanol–water partition coefficient (Wildman–Crippen LogP) is 8.93. The molecule has 0 radical (unpaired) electrons. The van der Waals surface area contributed by atoms with Gasteiger partial charge in [0, 0.05) is 9.75 Å². The number of thiophene rings is 1. The van der Waals surface area contributed by atoms with Crippen molar-refractivity contribution in [3.8, 4) is 0 Å². The smallest absolute Gasteiger partial charge is 0.0355 e. The van der Waals surface area contributed by atoms with Gasteiger partial charge in [0.15, 0.2) is 0 Å². The lowest BCUT2D eigenvalue weighted by molar-refractivity contribution is 1.60. The SMILES string of the molecule is C(=C(/c1ccccc1)c1ccc(/C(=C/c2ccccc2)c2ccccc2)s1)/c1ccccc1. The molecule has 0 aliphatic rings. The van der Waals surface area contributed by atoms with Gasteiger partial charge in [-0.05, 0) is 57.7 Å². The van der Waals surface area contributed by atoms with E-state index < -0.39 is 0 Å². The van der Waals surface area contributed by atoms with Gasteiger partial charge < -0.3 is 0 Å². The highest BCUT2D eigenvalue weighted by molar-refractivity contribution is 7.14. The maximum atomic E-state index is 2.29. The van der Waals surface area contributed by atoms with Gasteiger partial charge in [-0.2, -0.15) is 0 Å². The van der Waals surface area contributed by atoms with Crippen molar-refractivity contribution in [3.05, 3.63) is 165 Å². The summed E-state index contributed by atoms with van der Waals surface area (Å²) in [6.45, 7) is 0. The van der Waals surface area contributed by atoms with Crippen molar-refractivity contribution < 1.29 is 0 Å². The van der Waals surface area contributed by atoms with E-state index in [0.29, 0.717) is 0 Å². The molecule has 0 saturated carbocycles. The summed E-state index contributed by atoms with van der Waals surface area (Å²) in [7, 11) is 0. The fourth-order valence-corrected chi connectivity index (χ4v) is 4.97. The molecule has 0 unspecified atom stereocenters. The van der Waals surface area contributed by atoms with Crippen LogP contribution in [-0.4, -0.2) is 0 Å². The van der Waals surface area contributed by atoms with Gasteiger partial charge in [0.1, 0.15) is 0 Å². The Morgan fingerprint density at radius 3 is 1.09 bits per heavy atom. The first-order chi connectivity index (χ1) is 16.4. The van der Waals surface area contributed by atoms with Crippen molar-refractivity contribution in [2.45, 2.75) is 0 Å². The first kappa shape index (κ1) is 20.9. The van der Waals surface area contributed by atoms with Crippen LogP contribution in [0.4, 0.5) is 0 Å². The van der Waals surface area contributed by atoms with E-state index in [0.717, 1.165) is 0 Å². The summed E-state index contributed by atoms with van der Waals surface area (Å²) < 4.78 is 0. The van der Waals surface area contributed by atoms with Crippen molar-refractivity contribution >= 4 is 34.6 Å². The zero-order valence-electron chi connectivity index (χ0n) is 18.3. The molecule has 1 heterocycles. The molecule has 0 aliphatic heterocycles. The van der Waals surface area contributed by atoms with Gasteiger partial charge >= 0.3 is 0 Å². The Morgan fingerprint density at radius 2 is 0.727 bits per heavy atom. The molecular formula is C32H24S. The summed E-state index contributed by atoms with van der Waals surface area (Å²) in [6.07, 6.45) is 4.57. The van der Waals surface area contributed by atoms with Crippen LogP contribution in [0.1, 0.15) is 32.0 Å². The molecule has 158 valence electrons. The third kappa shape index (κ3) is 5.11. The monoisotopic (exact) mass is 440 g/mol. The Morgan fingerprint density at radius 1 is 0.394 bits per heavy atom. The fourth-order valence-electron chi connectivity index (χ4n) is 3.89. The average Bonchev–Trinajstić information content (AvgIpc) is 3.38. The predicted molar refractivity (Wildman–Crippen MR) is 144 cm³/mol. The Hall–Kier alpha value is -3.94. The van der Waals surface area contributed by atoms with Crippen LogP contribution >= 0.6 is 11.3 Å². The molecule has 0 saturated heterocycles. The Kier molecular flexibility index (Phi) is 6.42. The second-order valence-corrected chi connectivity index (χ2v) is 8.92. The molecule has 0 nitrogen and oxygen atoms in total. The minimum Gasteiger partial charge on any atom is -0.135 e. The average molecular weight is 441 g/mol. The lowest BCUT2D eigenvalue weighted by atomic mass is 10.0. The molecule has 5 rings (SSSR count). The van der Waals surface area contributed by atoms with Gasteiger partial charge in [0.2, 0.25) is 0 Å². The van der Waals surface area contributed by atoms with E-state index in [1.807, 2.05) is 11.3 Å². The van der Waals surface area contributed by atoms with Crippen molar-refractivity contribution in [2.24, 2.45) is 0 Å². The van der Waals surface area contributed by atoms with E-state index in [9.17, 15) is 0 Å². The standard InChI is InChI=1S/C32H24S/c1-5-13-25(14-6-1)23-29(27-17-9-3-10-18-27)31-21-22-32(33-31)30(28-19-11-4-12-20-28)24-26-15-7-2-8-16-26/h1-24H/b29-23+,30-24+. The van der Waals surface area contributed by atoms with Crippen molar-refractivity contribution in [2.75, 3.05) is 0 Å². The van der Waals surface area contributed by atoms with E-state index >= 15 is 0 Å². The van der Waals surface area contributed by atoms with Crippen LogP contribution in [0.2, 0.25) is 0 Å². The van der Waals surface area contributed by atoms with Gasteiger partial charge in [0.05, 0.1) is 0 Å². The van der Waals surface area contributed by atoms with Crippen molar-refractivity contribution in [3.63, 3.8) is 0 Å².